The zero-order chi connectivity index (χ0) is 9.26. The highest BCUT2D eigenvalue weighted by Crippen LogP contribution is 2.20. The van der Waals surface area contributed by atoms with Crippen molar-refractivity contribution < 1.29 is 9.53 Å². The summed E-state index contributed by atoms with van der Waals surface area (Å²) < 4.78 is 5.49. The van der Waals surface area contributed by atoms with Crippen LogP contribution in [0.1, 0.15) is 9.80 Å². The smallest absolute Gasteiger partial charge is 0.367 e. The summed E-state index contributed by atoms with van der Waals surface area (Å²) in [6, 6.07) is 1.82. The minimum Gasteiger partial charge on any atom is -0.464 e. The average Bonchev–Trinajstić information content (AvgIpc) is 2.59. The molecule has 0 bridgehead atoms. The Balaban J connectivity index is 2.56. The highest BCUT2D eigenvalue weighted by molar-refractivity contribution is 7.20. The van der Waals surface area contributed by atoms with Gasteiger partial charge in [0, 0.05) is 6.20 Å². The first-order valence-corrected chi connectivity index (χ1v) is 4.42. The molecule has 0 aliphatic rings. The van der Waals surface area contributed by atoms with Crippen molar-refractivity contribution in [3.05, 3.63) is 23.5 Å². The fraction of sp³-hybridized carbons (Fsp3) is 0.125. The summed E-state index contributed by atoms with van der Waals surface area (Å²) in [6.45, 7) is 0. The first-order valence-electron chi connectivity index (χ1n) is 3.60. The van der Waals surface area contributed by atoms with Gasteiger partial charge in [0.05, 0.1) is 18.0 Å². The van der Waals surface area contributed by atoms with Crippen LogP contribution in [0.15, 0.2) is 18.5 Å². The van der Waals surface area contributed by atoms with Crippen molar-refractivity contribution in [1.82, 2.24) is 9.97 Å². The summed E-state index contributed by atoms with van der Waals surface area (Å²) in [7, 11) is 1.34. The molecule has 0 amide bonds. The van der Waals surface area contributed by atoms with Crippen molar-refractivity contribution in [3.63, 3.8) is 0 Å². The number of carbonyl (C=O) groups is 1. The molecule has 13 heavy (non-hydrogen) atoms. The second-order valence-corrected chi connectivity index (χ2v) is 3.38. The summed E-state index contributed by atoms with van der Waals surface area (Å²) in [5, 5.41) is 0.366. The van der Waals surface area contributed by atoms with Gasteiger partial charge < -0.3 is 4.74 Å². The van der Waals surface area contributed by atoms with Gasteiger partial charge in [-0.1, -0.05) is 0 Å². The Labute approximate surface area is 78.2 Å². The standard InChI is InChI=1S/C8H6N2O2S/c1-12-8(11)7-10-5-4-9-3-2-6(5)13-7/h2-4H,1H3. The quantitative estimate of drug-likeness (QED) is 0.645. The van der Waals surface area contributed by atoms with Crippen LogP contribution in [0.3, 0.4) is 0 Å². The molecule has 0 aliphatic carbocycles. The largest absolute Gasteiger partial charge is 0.464 e. The highest BCUT2D eigenvalue weighted by atomic mass is 32.1. The molecule has 0 fully saturated rings. The third-order valence-electron chi connectivity index (χ3n) is 1.55. The zero-order valence-electron chi connectivity index (χ0n) is 6.85. The minimum atomic E-state index is -0.402. The van der Waals surface area contributed by atoms with E-state index in [1.165, 1.54) is 18.4 Å². The van der Waals surface area contributed by atoms with E-state index in [9.17, 15) is 4.79 Å². The maximum atomic E-state index is 11.1. The molecule has 0 aromatic carbocycles. The van der Waals surface area contributed by atoms with Crippen molar-refractivity contribution in [3.8, 4) is 0 Å². The van der Waals surface area contributed by atoms with Crippen molar-refractivity contribution in [1.29, 1.82) is 0 Å². The molecule has 4 nitrogen and oxygen atoms in total. The van der Waals surface area contributed by atoms with Gasteiger partial charge in [0.15, 0.2) is 0 Å². The molecule has 0 aliphatic heterocycles. The van der Waals surface area contributed by atoms with Crippen LogP contribution in [-0.2, 0) is 4.74 Å². The summed E-state index contributed by atoms with van der Waals surface area (Å²) in [5.74, 6) is -0.402. The zero-order valence-corrected chi connectivity index (χ0v) is 7.67. The number of rotatable bonds is 1. The first kappa shape index (κ1) is 8.12. The van der Waals surface area contributed by atoms with Crippen molar-refractivity contribution in [2.75, 3.05) is 7.11 Å². The molecule has 0 unspecified atom stereocenters. The number of methoxy groups -OCH3 is 1. The lowest BCUT2D eigenvalue weighted by Gasteiger charge is -1.89. The normalized spacial score (nSPS) is 10.2. The van der Waals surface area contributed by atoms with Crippen molar-refractivity contribution in [2.45, 2.75) is 0 Å². The number of carbonyl (C=O) groups excluding carboxylic acids is 1. The molecule has 0 saturated carbocycles. The number of pyridine rings is 1. The van der Waals surface area contributed by atoms with Crippen LogP contribution in [-0.4, -0.2) is 23.0 Å². The van der Waals surface area contributed by atoms with Gasteiger partial charge in [-0.15, -0.1) is 11.3 Å². The second kappa shape index (κ2) is 3.10. The topological polar surface area (TPSA) is 52.1 Å². The number of hydrogen-bond acceptors (Lipinski definition) is 5. The Morgan fingerprint density at radius 3 is 3.15 bits per heavy atom. The van der Waals surface area contributed by atoms with Gasteiger partial charge in [0.2, 0.25) is 5.01 Å². The van der Waals surface area contributed by atoms with Gasteiger partial charge in [-0.2, -0.15) is 0 Å². The average molecular weight is 194 g/mol. The van der Waals surface area contributed by atoms with E-state index >= 15 is 0 Å². The molecule has 2 rings (SSSR count). The predicted octanol–water partition coefficient (Wildman–Crippen LogP) is 1.48. The van der Waals surface area contributed by atoms with Crippen LogP contribution >= 0.6 is 11.3 Å². The number of fused-ring (bicyclic) bond motifs is 1. The second-order valence-electron chi connectivity index (χ2n) is 2.35. The van der Waals surface area contributed by atoms with E-state index < -0.39 is 5.97 Å². The van der Waals surface area contributed by atoms with E-state index in [0.717, 1.165) is 10.2 Å². The van der Waals surface area contributed by atoms with Gasteiger partial charge in [-0.3, -0.25) is 4.98 Å². The van der Waals surface area contributed by atoms with Gasteiger partial charge in [0.25, 0.3) is 0 Å². The van der Waals surface area contributed by atoms with Crippen LogP contribution in [0.2, 0.25) is 0 Å². The molecule has 0 spiro atoms. The molecule has 66 valence electrons. The van der Waals surface area contributed by atoms with E-state index in [0.29, 0.717) is 5.01 Å². The summed E-state index contributed by atoms with van der Waals surface area (Å²) in [4.78, 5) is 19.1. The van der Waals surface area contributed by atoms with E-state index in [1.54, 1.807) is 12.4 Å². The van der Waals surface area contributed by atoms with Crippen molar-refractivity contribution >= 4 is 27.5 Å². The van der Waals surface area contributed by atoms with Crippen LogP contribution < -0.4 is 0 Å². The SMILES string of the molecule is COC(=O)c1nc2cnccc2s1. The Kier molecular flexibility index (Phi) is 1.94. The number of hydrogen-bond donors (Lipinski definition) is 0. The predicted molar refractivity (Wildman–Crippen MR) is 48.8 cm³/mol. The van der Waals surface area contributed by atoms with Crippen LogP contribution in [0.25, 0.3) is 10.2 Å². The molecule has 0 radical (unpaired) electrons. The molecule has 5 heteroatoms. The van der Waals surface area contributed by atoms with E-state index in [4.69, 9.17) is 0 Å². The lowest BCUT2D eigenvalue weighted by Crippen LogP contribution is -1.99. The van der Waals surface area contributed by atoms with E-state index in [2.05, 4.69) is 14.7 Å². The monoisotopic (exact) mass is 194 g/mol. The van der Waals surface area contributed by atoms with Gasteiger partial charge in [0.1, 0.15) is 5.52 Å². The Morgan fingerprint density at radius 1 is 1.62 bits per heavy atom. The number of esters is 1. The Morgan fingerprint density at radius 2 is 2.46 bits per heavy atom. The van der Waals surface area contributed by atoms with E-state index in [1.807, 2.05) is 6.07 Å². The molecule has 0 saturated heterocycles. The molecule has 2 heterocycles. The lowest BCUT2D eigenvalue weighted by atomic mass is 10.5. The number of nitrogens with zero attached hydrogens (tertiary/aromatic N) is 2. The van der Waals surface area contributed by atoms with E-state index in [-0.39, 0.29) is 0 Å². The Hall–Kier alpha value is -1.49. The van der Waals surface area contributed by atoms with Gasteiger partial charge in [-0.05, 0) is 6.07 Å². The molecular weight excluding hydrogens is 188 g/mol. The minimum absolute atomic E-state index is 0.366. The number of aromatic nitrogens is 2. The van der Waals surface area contributed by atoms with Crippen molar-refractivity contribution in [2.24, 2.45) is 0 Å². The lowest BCUT2D eigenvalue weighted by molar-refractivity contribution is 0.0600. The van der Waals surface area contributed by atoms with Crippen LogP contribution in [0.4, 0.5) is 0 Å². The number of ether oxygens (including phenoxy) is 1. The fourth-order valence-corrected chi connectivity index (χ4v) is 1.81. The molecule has 0 N–H and O–H groups in total. The maximum Gasteiger partial charge on any atom is 0.367 e. The summed E-state index contributed by atoms with van der Waals surface area (Å²) >= 11 is 1.30. The fourth-order valence-electron chi connectivity index (χ4n) is 0.955. The molecule has 2 aromatic heterocycles. The summed E-state index contributed by atoms with van der Waals surface area (Å²) in [6.07, 6.45) is 3.29. The Bertz CT molecular complexity index is 419. The molecule has 0 atom stereocenters. The van der Waals surface area contributed by atoms with Crippen LogP contribution in [0, 0.1) is 0 Å². The van der Waals surface area contributed by atoms with Crippen LogP contribution in [0.5, 0.6) is 0 Å². The number of thiazole rings is 1. The first-order chi connectivity index (χ1) is 6.31. The molecule has 2 aromatic rings. The van der Waals surface area contributed by atoms with Gasteiger partial charge in [-0.25, -0.2) is 9.78 Å². The highest BCUT2D eigenvalue weighted by Gasteiger charge is 2.11. The molecular formula is C8H6N2O2S. The third-order valence-corrected chi connectivity index (χ3v) is 2.57. The third kappa shape index (κ3) is 1.38. The summed E-state index contributed by atoms with van der Waals surface area (Å²) in [5.41, 5.74) is 0.730. The maximum absolute atomic E-state index is 11.1. The van der Waals surface area contributed by atoms with Gasteiger partial charge >= 0.3 is 5.97 Å².